The molecule has 0 aliphatic heterocycles. The number of nitrogens with zero attached hydrogens (tertiary/aromatic N) is 1. The summed E-state index contributed by atoms with van der Waals surface area (Å²) in [6, 6.07) is 0. The van der Waals surface area contributed by atoms with Crippen LogP contribution in [0.2, 0.25) is 0 Å². The highest BCUT2D eigenvalue weighted by atomic mass is 32.1. The fourth-order valence-corrected chi connectivity index (χ4v) is 1.34. The Morgan fingerprint density at radius 2 is 2.27 bits per heavy atom. The van der Waals surface area contributed by atoms with Crippen molar-refractivity contribution in [2.24, 2.45) is 5.90 Å². The van der Waals surface area contributed by atoms with Crippen LogP contribution in [-0.4, -0.2) is 4.98 Å². The van der Waals surface area contributed by atoms with E-state index in [9.17, 15) is 0 Å². The highest BCUT2D eigenvalue weighted by Crippen LogP contribution is 2.24. The van der Waals surface area contributed by atoms with Crippen LogP contribution in [0.5, 0.6) is 0 Å². The lowest BCUT2D eigenvalue weighted by molar-refractivity contribution is -0.0263. The van der Waals surface area contributed by atoms with E-state index in [1.165, 1.54) is 11.3 Å². The topological polar surface area (TPSA) is 74.2 Å². The Labute approximate surface area is 69.1 Å². The molecule has 0 bridgehead atoms. The summed E-state index contributed by atoms with van der Waals surface area (Å²) >= 11 is 1.38. The van der Waals surface area contributed by atoms with Gasteiger partial charge in [0.1, 0.15) is 5.60 Å². The van der Waals surface area contributed by atoms with E-state index in [0.717, 1.165) is 5.69 Å². The number of nitrogen functional groups attached to an aromatic ring is 1. The van der Waals surface area contributed by atoms with Crippen molar-refractivity contribution < 1.29 is 4.84 Å². The molecular formula is C6H11N3OS. The van der Waals surface area contributed by atoms with Crippen LogP contribution in [0.25, 0.3) is 0 Å². The SMILES string of the molecule is CC(C)(ON)c1csc(N)n1. The van der Waals surface area contributed by atoms with E-state index in [1.807, 2.05) is 19.2 Å². The first-order chi connectivity index (χ1) is 5.06. The fourth-order valence-electron chi connectivity index (χ4n) is 0.625. The van der Waals surface area contributed by atoms with Gasteiger partial charge in [0.25, 0.3) is 0 Å². The van der Waals surface area contributed by atoms with E-state index in [0.29, 0.717) is 5.13 Å². The normalized spacial score (nSPS) is 11.9. The zero-order chi connectivity index (χ0) is 8.48. The number of rotatable bonds is 2. The van der Waals surface area contributed by atoms with Gasteiger partial charge in [0, 0.05) is 5.38 Å². The summed E-state index contributed by atoms with van der Waals surface area (Å²) in [6.45, 7) is 3.67. The van der Waals surface area contributed by atoms with Gasteiger partial charge in [-0.25, -0.2) is 10.9 Å². The molecule has 62 valence electrons. The number of hydrogen-bond acceptors (Lipinski definition) is 5. The Hall–Kier alpha value is -0.650. The molecule has 4 nitrogen and oxygen atoms in total. The molecule has 1 rings (SSSR count). The predicted octanol–water partition coefficient (Wildman–Crippen LogP) is 0.851. The molecule has 11 heavy (non-hydrogen) atoms. The Morgan fingerprint density at radius 1 is 1.64 bits per heavy atom. The van der Waals surface area contributed by atoms with Crippen LogP contribution in [0.3, 0.4) is 0 Å². The van der Waals surface area contributed by atoms with E-state index in [4.69, 9.17) is 16.5 Å². The molecule has 0 saturated heterocycles. The van der Waals surface area contributed by atoms with Crippen molar-refractivity contribution in [1.82, 2.24) is 4.98 Å². The summed E-state index contributed by atoms with van der Waals surface area (Å²) in [6.07, 6.45) is 0. The van der Waals surface area contributed by atoms with E-state index in [1.54, 1.807) is 0 Å². The molecule has 0 fully saturated rings. The molecule has 1 aromatic rings. The van der Waals surface area contributed by atoms with Gasteiger partial charge in [-0.05, 0) is 13.8 Å². The number of thiazole rings is 1. The van der Waals surface area contributed by atoms with Gasteiger partial charge in [-0.2, -0.15) is 0 Å². The molecular weight excluding hydrogens is 162 g/mol. The van der Waals surface area contributed by atoms with E-state index < -0.39 is 5.60 Å². The van der Waals surface area contributed by atoms with Gasteiger partial charge < -0.3 is 5.73 Å². The maximum absolute atomic E-state index is 5.44. The third kappa shape index (κ3) is 1.68. The Kier molecular flexibility index (Phi) is 2.12. The second-order valence-electron chi connectivity index (χ2n) is 2.70. The van der Waals surface area contributed by atoms with Gasteiger partial charge >= 0.3 is 0 Å². The number of aromatic nitrogens is 1. The fraction of sp³-hybridized carbons (Fsp3) is 0.500. The summed E-state index contributed by atoms with van der Waals surface area (Å²) in [5.41, 5.74) is 5.66. The third-order valence-electron chi connectivity index (χ3n) is 1.43. The molecule has 1 heterocycles. The maximum atomic E-state index is 5.44. The van der Waals surface area contributed by atoms with Gasteiger partial charge in [-0.15, -0.1) is 11.3 Å². The molecule has 5 heteroatoms. The first-order valence-corrected chi connectivity index (χ1v) is 4.03. The molecule has 0 unspecified atom stereocenters. The second-order valence-corrected chi connectivity index (χ2v) is 3.59. The molecule has 0 amide bonds. The van der Waals surface area contributed by atoms with Crippen molar-refractivity contribution in [3.63, 3.8) is 0 Å². The van der Waals surface area contributed by atoms with E-state index >= 15 is 0 Å². The minimum atomic E-state index is -0.548. The van der Waals surface area contributed by atoms with Crippen LogP contribution in [-0.2, 0) is 10.4 Å². The number of hydrogen-bond donors (Lipinski definition) is 2. The van der Waals surface area contributed by atoms with Crippen molar-refractivity contribution in [1.29, 1.82) is 0 Å². The molecule has 4 N–H and O–H groups in total. The first kappa shape index (κ1) is 8.45. The highest BCUT2D eigenvalue weighted by molar-refractivity contribution is 7.13. The standard InChI is InChI=1S/C6H11N3OS/c1-6(2,10-8)4-3-11-5(7)9-4/h3H,8H2,1-2H3,(H2,7,9). The van der Waals surface area contributed by atoms with Crippen molar-refractivity contribution in [3.8, 4) is 0 Å². The summed E-state index contributed by atoms with van der Waals surface area (Å²) in [5.74, 6) is 5.07. The Balaban J connectivity index is 2.92. The van der Waals surface area contributed by atoms with Crippen LogP contribution in [0, 0.1) is 0 Å². The average Bonchev–Trinajstić information content (AvgIpc) is 2.36. The zero-order valence-corrected chi connectivity index (χ0v) is 7.31. The highest BCUT2D eigenvalue weighted by Gasteiger charge is 2.23. The van der Waals surface area contributed by atoms with E-state index in [-0.39, 0.29) is 0 Å². The summed E-state index contributed by atoms with van der Waals surface area (Å²) < 4.78 is 0. The van der Waals surface area contributed by atoms with Gasteiger partial charge in [-0.3, -0.25) is 4.84 Å². The predicted molar refractivity (Wildman–Crippen MR) is 44.8 cm³/mol. The maximum Gasteiger partial charge on any atom is 0.180 e. The van der Waals surface area contributed by atoms with Crippen molar-refractivity contribution in [2.45, 2.75) is 19.4 Å². The summed E-state index contributed by atoms with van der Waals surface area (Å²) in [5, 5.41) is 2.37. The lowest BCUT2D eigenvalue weighted by atomic mass is 10.1. The monoisotopic (exact) mass is 173 g/mol. The minimum absolute atomic E-state index is 0.533. The van der Waals surface area contributed by atoms with Crippen molar-refractivity contribution in [2.75, 3.05) is 5.73 Å². The van der Waals surface area contributed by atoms with Crippen LogP contribution in [0.1, 0.15) is 19.5 Å². The third-order valence-corrected chi connectivity index (χ3v) is 2.11. The first-order valence-electron chi connectivity index (χ1n) is 3.15. The molecule has 0 aliphatic rings. The lowest BCUT2D eigenvalue weighted by Gasteiger charge is -2.18. The Morgan fingerprint density at radius 3 is 2.64 bits per heavy atom. The number of nitrogens with two attached hydrogens (primary N) is 2. The van der Waals surface area contributed by atoms with E-state index in [2.05, 4.69) is 4.98 Å². The second kappa shape index (κ2) is 2.77. The zero-order valence-electron chi connectivity index (χ0n) is 6.50. The molecule has 0 aliphatic carbocycles. The molecule has 0 saturated carbocycles. The molecule has 1 aromatic heterocycles. The quantitative estimate of drug-likeness (QED) is 0.650. The van der Waals surface area contributed by atoms with Crippen LogP contribution < -0.4 is 11.6 Å². The van der Waals surface area contributed by atoms with Gasteiger partial charge in [0.05, 0.1) is 5.69 Å². The average molecular weight is 173 g/mol. The van der Waals surface area contributed by atoms with Crippen LogP contribution in [0.4, 0.5) is 5.13 Å². The van der Waals surface area contributed by atoms with Crippen LogP contribution >= 0.6 is 11.3 Å². The van der Waals surface area contributed by atoms with Gasteiger partial charge in [0.2, 0.25) is 0 Å². The summed E-state index contributed by atoms with van der Waals surface area (Å²) in [7, 11) is 0. The van der Waals surface area contributed by atoms with Crippen molar-refractivity contribution >= 4 is 16.5 Å². The molecule has 0 atom stereocenters. The van der Waals surface area contributed by atoms with Crippen LogP contribution in [0.15, 0.2) is 5.38 Å². The summed E-state index contributed by atoms with van der Waals surface area (Å²) in [4.78, 5) is 8.77. The van der Waals surface area contributed by atoms with Gasteiger partial charge in [-0.1, -0.05) is 0 Å². The Bertz CT molecular complexity index is 246. The van der Waals surface area contributed by atoms with Gasteiger partial charge in [0.15, 0.2) is 5.13 Å². The molecule has 0 radical (unpaired) electrons. The largest absolute Gasteiger partial charge is 0.375 e. The smallest absolute Gasteiger partial charge is 0.180 e. The molecule has 0 spiro atoms. The minimum Gasteiger partial charge on any atom is -0.375 e. The number of anilines is 1. The van der Waals surface area contributed by atoms with Crippen molar-refractivity contribution in [3.05, 3.63) is 11.1 Å². The lowest BCUT2D eigenvalue weighted by Crippen LogP contribution is -2.25. The molecule has 0 aromatic carbocycles.